The zero-order chi connectivity index (χ0) is 16.5. The van der Waals surface area contributed by atoms with E-state index in [-0.39, 0.29) is 11.8 Å². The highest BCUT2D eigenvalue weighted by atomic mass is 16.5. The molecule has 2 aliphatic rings. The number of likely N-dealkylation sites (tertiary alicyclic amines) is 1. The molecule has 2 fully saturated rings. The molecular weight excluding hydrogens is 302 g/mol. The minimum Gasteiger partial charge on any atom is -0.341 e. The second-order valence-corrected chi connectivity index (χ2v) is 7.03. The summed E-state index contributed by atoms with van der Waals surface area (Å²) >= 11 is 0. The fraction of sp³-hybridized carbons (Fsp3) is 0.526. The van der Waals surface area contributed by atoms with E-state index in [4.69, 9.17) is 4.52 Å². The van der Waals surface area contributed by atoms with Crippen LogP contribution in [-0.4, -0.2) is 34.0 Å². The van der Waals surface area contributed by atoms with Crippen LogP contribution in [0.2, 0.25) is 0 Å². The van der Waals surface area contributed by atoms with Crippen molar-refractivity contribution in [3.8, 4) is 0 Å². The van der Waals surface area contributed by atoms with Gasteiger partial charge in [0.05, 0.1) is 5.92 Å². The highest BCUT2D eigenvalue weighted by molar-refractivity contribution is 5.81. The quantitative estimate of drug-likeness (QED) is 0.869. The van der Waals surface area contributed by atoms with Crippen LogP contribution in [0.3, 0.4) is 0 Å². The van der Waals surface area contributed by atoms with Gasteiger partial charge in [0.2, 0.25) is 11.8 Å². The summed E-state index contributed by atoms with van der Waals surface area (Å²) in [5, 5.41) is 3.84. The molecule has 24 heavy (non-hydrogen) atoms. The Morgan fingerprint density at radius 2 is 1.92 bits per heavy atom. The first-order chi connectivity index (χ1) is 11.7. The Morgan fingerprint density at radius 1 is 1.17 bits per heavy atom. The number of carbonyl (C=O) groups excluding carboxylic acids is 1. The lowest BCUT2D eigenvalue weighted by Crippen LogP contribution is -2.52. The fourth-order valence-electron chi connectivity index (χ4n) is 4.05. The van der Waals surface area contributed by atoms with Crippen molar-refractivity contribution in [3.63, 3.8) is 0 Å². The van der Waals surface area contributed by atoms with Gasteiger partial charge < -0.3 is 9.42 Å². The number of hydrogen-bond donors (Lipinski definition) is 0. The number of nitrogens with zero attached hydrogens (tertiary/aromatic N) is 3. The van der Waals surface area contributed by atoms with Gasteiger partial charge in [-0.15, -0.1) is 0 Å². The van der Waals surface area contributed by atoms with E-state index in [9.17, 15) is 4.79 Å². The summed E-state index contributed by atoms with van der Waals surface area (Å²) in [5.41, 5.74) is 1.31. The number of rotatable bonds is 3. The molecule has 1 aliphatic heterocycles. The minimum atomic E-state index is 0.117. The molecule has 2 heterocycles. The van der Waals surface area contributed by atoms with Gasteiger partial charge in [0.25, 0.3) is 0 Å². The predicted molar refractivity (Wildman–Crippen MR) is 89.5 cm³/mol. The van der Waals surface area contributed by atoms with Crippen LogP contribution in [0.1, 0.15) is 54.8 Å². The molecule has 2 aromatic rings. The summed E-state index contributed by atoms with van der Waals surface area (Å²) in [4.78, 5) is 19.3. The van der Waals surface area contributed by atoms with E-state index in [2.05, 4.69) is 34.4 Å². The second kappa shape index (κ2) is 6.38. The van der Waals surface area contributed by atoms with Crippen molar-refractivity contribution in [2.45, 2.75) is 44.4 Å². The molecule has 5 nitrogen and oxygen atoms in total. The molecular formula is C19H23N3O2. The zero-order valence-corrected chi connectivity index (χ0v) is 14.0. The molecule has 0 N–H and O–H groups in total. The Bertz CT molecular complexity index is 706. The smallest absolute Gasteiger partial charge is 0.233 e. The van der Waals surface area contributed by atoms with Crippen LogP contribution in [-0.2, 0) is 4.79 Å². The molecule has 1 aromatic carbocycles. The molecule has 2 atom stereocenters. The Morgan fingerprint density at radius 3 is 2.62 bits per heavy atom. The predicted octanol–water partition coefficient (Wildman–Crippen LogP) is 3.28. The van der Waals surface area contributed by atoms with Gasteiger partial charge in [0.15, 0.2) is 5.82 Å². The van der Waals surface area contributed by atoms with Gasteiger partial charge in [-0.3, -0.25) is 4.79 Å². The van der Waals surface area contributed by atoms with Gasteiger partial charge in [-0.05, 0) is 31.2 Å². The van der Waals surface area contributed by atoms with Crippen molar-refractivity contribution in [1.29, 1.82) is 0 Å². The van der Waals surface area contributed by atoms with E-state index >= 15 is 0 Å². The molecule has 126 valence electrons. The summed E-state index contributed by atoms with van der Waals surface area (Å²) in [6.45, 7) is 3.23. The van der Waals surface area contributed by atoms with Crippen LogP contribution in [0, 0.1) is 12.8 Å². The maximum absolute atomic E-state index is 13.0. The van der Waals surface area contributed by atoms with Crippen LogP contribution < -0.4 is 0 Å². The Balaban J connectivity index is 1.43. The maximum atomic E-state index is 13.0. The topological polar surface area (TPSA) is 59.2 Å². The molecule has 1 saturated carbocycles. The van der Waals surface area contributed by atoms with Gasteiger partial charge >= 0.3 is 0 Å². The third-order valence-electron chi connectivity index (χ3n) is 5.40. The summed E-state index contributed by atoms with van der Waals surface area (Å²) < 4.78 is 5.23. The summed E-state index contributed by atoms with van der Waals surface area (Å²) in [6, 6.07) is 10.5. The van der Waals surface area contributed by atoms with Gasteiger partial charge in [-0.1, -0.05) is 48.3 Å². The average molecular weight is 325 g/mol. The van der Waals surface area contributed by atoms with Crippen molar-refractivity contribution >= 4 is 5.91 Å². The van der Waals surface area contributed by atoms with E-state index in [1.165, 1.54) is 12.0 Å². The molecule has 1 aliphatic carbocycles. The third-order valence-corrected chi connectivity index (χ3v) is 5.40. The van der Waals surface area contributed by atoms with Gasteiger partial charge in [-0.2, -0.15) is 4.98 Å². The molecule has 0 radical (unpaired) electrons. The lowest BCUT2D eigenvalue weighted by molar-refractivity contribution is -0.142. The highest BCUT2D eigenvalue weighted by Gasteiger charge is 2.41. The fourth-order valence-corrected chi connectivity index (χ4v) is 4.05. The molecule has 5 heteroatoms. The highest BCUT2D eigenvalue weighted by Crippen LogP contribution is 2.40. The monoisotopic (exact) mass is 325 g/mol. The molecule has 1 saturated heterocycles. The molecule has 1 aromatic heterocycles. The van der Waals surface area contributed by atoms with Crippen LogP contribution in [0.25, 0.3) is 0 Å². The van der Waals surface area contributed by atoms with Crippen molar-refractivity contribution in [2.24, 2.45) is 5.92 Å². The van der Waals surface area contributed by atoms with E-state index in [0.29, 0.717) is 36.6 Å². The standard InChI is InChI=1S/C19H23N3O2/c1-13-20-18(24-21-13)15-11-22(12-15)19(23)17-10-6-5-9-16(17)14-7-3-2-4-8-14/h2-4,7-8,15-17H,5-6,9-12H2,1H3/t16-,17-/m1/s1. The number of benzene rings is 1. The number of carbonyl (C=O) groups is 1. The van der Waals surface area contributed by atoms with Gasteiger partial charge in [0, 0.05) is 19.0 Å². The van der Waals surface area contributed by atoms with Crippen molar-refractivity contribution in [1.82, 2.24) is 15.0 Å². The molecule has 0 spiro atoms. The molecule has 0 bridgehead atoms. The Labute approximate surface area is 142 Å². The van der Waals surface area contributed by atoms with Crippen molar-refractivity contribution in [2.75, 3.05) is 13.1 Å². The lowest BCUT2D eigenvalue weighted by Gasteiger charge is -2.42. The van der Waals surface area contributed by atoms with Crippen LogP contribution in [0.4, 0.5) is 0 Å². The number of amides is 1. The van der Waals surface area contributed by atoms with Crippen molar-refractivity contribution < 1.29 is 9.32 Å². The molecule has 0 unspecified atom stereocenters. The van der Waals surface area contributed by atoms with Crippen LogP contribution in [0.5, 0.6) is 0 Å². The number of aromatic nitrogens is 2. The SMILES string of the molecule is Cc1noc(C2CN(C(=O)[C@@H]3CCCC[C@@H]3c3ccccc3)C2)n1. The van der Waals surface area contributed by atoms with E-state index < -0.39 is 0 Å². The van der Waals surface area contributed by atoms with Crippen LogP contribution >= 0.6 is 0 Å². The molecule has 1 amide bonds. The Kier molecular flexibility index (Phi) is 4.08. The average Bonchev–Trinajstić information content (AvgIpc) is 3.00. The molecule has 4 rings (SSSR count). The summed E-state index contributed by atoms with van der Waals surface area (Å²) in [7, 11) is 0. The largest absolute Gasteiger partial charge is 0.341 e. The van der Waals surface area contributed by atoms with Gasteiger partial charge in [-0.25, -0.2) is 0 Å². The first-order valence-corrected chi connectivity index (χ1v) is 8.86. The zero-order valence-electron chi connectivity index (χ0n) is 14.0. The first kappa shape index (κ1) is 15.4. The third kappa shape index (κ3) is 2.83. The minimum absolute atomic E-state index is 0.117. The van der Waals surface area contributed by atoms with E-state index in [1.807, 2.05) is 17.9 Å². The van der Waals surface area contributed by atoms with Crippen molar-refractivity contribution in [3.05, 3.63) is 47.6 Å². The summed E-state index contributed by atoms with van der Waals surface area (Å²) in [5.74, 6) is 2.31. The normalized spacial score (nSPS) is 24.6. The maximum Gasteiger partial charge on any atom is 0.233 e. The first-order valence-electron chi connectivity index (χ1n) is 8.86. The van der Waals surface area contributed by atoms with E-state index in [1.54, 1.807) is 0 Å². The number of hydrogen-bond acceptors (Lipinski definition) is 4. The summed E-state index contributed by atoms with van der Waals surface area (Å²) in [6.07, 6.45) is 4.48. The lowest BCUT2D eigenvalue weighted by atomic mass is 9.74. The number of aryl methyl sites for hydroxylation is 1. The second-order valence-electron chi connectivity index (χ2n) is 7.03. The van der Waals surface area contributed by atoms with Gasteiger partial charge in [0.1, 0.15) is 0 Å². The van der Waals surface area contributed by atoms with E-state index in [0.717, 1.165) is 19.3 Å². The Hall–Kier alpha value is -2.17. The van der Waals surface area contributed by atoms with Crippen LogP contribution in [0.15, 0.2) is 34.9 Å².